The zero-order valence-corrected chi connectivity index (χ0v) is 12.1. The quantitative estimate of drug-likeness (QED) is 0.761. The van der Waals surface area contributed by atoms with Gasteiger partial charge in [0.15, 0.2) is 0 Å². The molecule has 19 heavy (non-hydrogen) atoms. The first-order valence-corrected chi connectivity index (χ1v) is 6.69. The maximum Gasteiger partial charge on any atom is 0.303 e. The molecule has 0 bridgehead atoms. The van der Waals surface area contributed by atoms with Crippen molar-refractivity contribution in [2.75, 3.05) is 6.54 Å². The number of rotatable bonds is 7. The fourth-order valence-corrected chi connectivity index (χ4v) is 2.01. The lowest BCUT2D eigenvalue weighted by Gasteiger charge is -2.06. The number of nitrogens with zero attached hydrogens (tertiary/aromatic N) is 1. The fraction of sp³-hybridized carbons (Fsp3) is 0.500. The molecule has 0 atom stereocenters. The minimum absolute atomic E-state index is 0.164. The lowest BCUT2D eigenvalue weighted by Crippen LogP contribution is -2.26. The van der Waals surface area contributed by atoms with Crippen LogP contribution in [0, 0.1) is 0 Å². The van der Waals surface area contributed by atoms with Gasteiger partial charge in [0, 0.05) is 20.0 Å². The molecule has 0 aliphatic carbocycles. The molecule has 1 heterocycles. The Hall–Kier alpha value is -1.20. The summed E-state index contributed by atoms with van der Waals surface area (Å²) < 4.78 is 1.52. The van der Waals surface area contributed by atoms with Crippen LogP contribution in [0.25, 0.3) is 0 Å². The van der Waals surface area contributed by atoms with Crippen molar-refractivity contribution in [3.8, 4) is 0 Å². The molecule has 2 N–H and O–H groups in total. The highest BCUT2D eigenvalue weighted by molar-refractivity contribution is 6.41. The van der Waals surface area contributed by atoms with Gasteiger partial charge in [-0.3, -0.25) is 9.59 Å². The largest absolute Gasteiger partial charge is 0.481 e. The van der Waals surface area contributed by atoms with Crippen LogP contribution in [0.1, 0.15) is 36.2 Å². The molecule has 5 nitrogen and oxygen atoms in total. The number of halogens is 2. The molecule has 0 saturated carbocycles. The fourth-order valence-electron chi connectivity index (χ4n) is 1.63. The number of amides is 1. The molecular weight excluding hydrogens is 291 g/mol. The molecule has 7 heteroatoms. The van der Waals surface area contributed by atoms with Gasteiger partial charge in [0.25, 0.3) is 5.91 Å². The van der Waals surface area contributed by atoms with E-state index in [0.717, 1.165) is 12.8 Å². The standard InChI is InChI=1S/C12H16Cl2N2O3/c1-16-9(7-8(13)11(16)14)12(19)15-6-4-2-3-5-10(17)18/h7H,2-6H2,1H3,(H,15,19)(H,17,18). The molecule has 1 aromatic rings. The molecule has 0 unspecified atom stereocenters. The van der Waals surface area contributed by atoms with Crippen LogP contribution in [0.15, 0.2) is 6.07 Å². The molecule has 0 aliphatic heterocycles. The number of carbonyl (C=O) groups is 2. The summed E-state index contributed by atoms with van der Waals surface area (Å²) in [4.78, 5) is 22.1. The van der Waals surface area contributed by atoms with E-state index in [1.807, 2.05) is 0 Å². The third kappa shape index (κ3) is 4.76. The van der Waals surface area contributed by atoms with Crippen molar-refractivity contribution < 1.29 is 14.7 Å². The predicted molar refractivity (Wildman–Crippen MR) is 73.9 cm³/mol. The van der Waals surface area contributed by atoms with E-state index in [2.05, 4.69) is 5.32 Å². The van der Waals surface area contributed by atoms with Crippen LogP contribution in [-0.2, 0) is 11.8 Å². The number of hydrogen-bond acceptors (Lipinski definition) is 2. The van der Waals surface area contributed by atoms with E-state index >= 15 is 0 Å². The summed E-state index contributed by atoms with van der Waals surface area (Å²) in [5.41, 5.74) is 0.403. The third-order valence-electron chi connectivity index (χ3n) is 2.70. The lowest BCUT2D eigenvalue weighted by molar-refractivity contribution is -0.137. The van der Waals surface area contributed by atoms with E-state index < -0.39 is 5.97 Å². The first-order valence-electron chi connectivity index (χ1n) is 5.94. The summed E-state index contributed by atoms with van der Waals surface area (Å²) in [5.74, 6) is -1.04. The van der Waals surface area contributed by atoms with E-state index in [1.54, 1.807) is 7.05 Å². The van der Waals surface area contributed by atoms with E-state index in [-0.39, 0.29) is 12.3 Å². The van der Waals surface area contributed by atoms with E-state index in [9.17, 15) is 9.59 Å². The van der Waals surface area contributed by atoms with Gasteiger partial charge in [0.1, 0.15) is 10.8 Å². The van der Waals surface area contributed by atoms with Gasteiger partial charge in [0.05, 0.1) is 5.02 Å². The maximum atomic E-state index is 11.8. The molecule has 1 rings (SSSR count). The van der Waals surface area contributed by atoms with Crippen LogP contribution in [0.4, 0.5) is 0 Å². The second kappa shape index (κ2) is 7.40. The van der Waals surface area contributed by atoms with Crippen LogP contribution < -0.4 is 5.32 Å². The average Bonchev–Trinajstić information content (AvgIpc) is 2.61. The SMILES string of the molecule is Cn1c(C(=O)NCCCCCC(=O)O)cc(Cl)c1Cl. The summed E-state index contributed by atoms with van der Waals surface area (Å²) in [6.07, 6.45) is 2.29. The minimum Gasteiger partial charge on any atom is -0.481 e. The highest BCUT2D eigenvalue weighted by Gasteiger charge is 2.14. The first-order chi connectivity index (χ1) is 8.93. The highest BCUT2D eigenvalue weighted by atomic mass is 35.5. The molecule has 106 valence electrons. The van der Waals surface area contributed by atoms with Crippen LogP contribution in [-0.4, -0.2) is 28.1 Å². The van der Waals surface area contributed by atoms with Crippen molar-refractivity contribution in [3.05, 3.63) is 21.9 Å². The van der Waals surface area contributed by atoms with Gasteiger partial charge in [-0.25, -0.2) is 0 Å². The van der Waals surface area contributed by atoms with Crippen molar-refractivity contribution in [1.29, 1.82) is 0 Å². The third-order valence-corrected chi connectivity index (χ3v) is 3.54. The lowest BCUT2D eigenvalue weighted by atomic mass is 10.2. The normalized spacial score (nSPS) is 10.5. The van der Waals surface area contributed by atoms with Crippen molar-refractivity contribution in [1.82, 2.24) is 9.88 Å². The number of aromatic nitrogens is 1. The number of hydrogen-bond donors (Lipinski definition) is 2. The smallest absolute Gasteiger partial charge is 0.303 e. The molecule has 0 aliphatic rings. The Morgan fingerprint density at radius 1 is 1.32 bits per heavy atom. The van der Waals surface area contributed by atoms with Gasteiger partial charge < -0.3 is 15.0 Å². The topological polar surface area (TPSA) is 71.3 Å². The highest BCUT2D eigenvalue weighted by Crippen LogP contribution is 2.24. The summed E-state index contributed by atoms with van der Waals surface area (Å²) in [6, 6.07) is 1.52. The molecule has 0 fully saturated rings. The van der Waals surface area contributed by atoms with Crippen LogP contribution >= 0.6 is 23.2 Å². The molecule has 1 aromatic heterocycles. The summed E-state index contributed by atoms with van der Waals surface area (Å²) in [7, 11) is 1.66. The van der Waals surface area contributed by atoms with E-state index in [0.29, 0.717) is 28.8 Å². The first kappa shape index (κ1) is 15.9. The Kier molecular flexibility index (Phi) is 6.18. The molecule has 0 aromatic carbocycles. The Labute approximate surface area is 121 Å². The van der Waals surface area contributed by atoms with Crippen molar-refractivity contribution >= 4 is 35.1 Å². The molecule has 0 radical (unpaired) electrons. The van der Waals surface area contributed by atoms with Gasteiger partial charge in [-0.15, -0.1) is 0 Å². The molecule has 0 spiro atoms. The van der Waals surface area contributed by atoms with Gasteiger partial charge in [0.2, 0.25) is 0 Å². The number of nitrogens with one attached hydrogen (secondary N) is 1. The predicted octanol–water partition coefficient (Wildman–Crippen LogP) is 2.71. The van der Waals surface area contributed by atoms with Gasteiger partial charge >= 0.3 is 5.97 Å². The van der Waals surface area contributed by atoms with Crippen LogP contribution in [0.2, 0.25) is 10.2 Å². The second-order valence-electron chi connectivity index (χ2n) is 4.19. The monoisotopic (exact) mass is 306 g/mol. The number of carboxylic acids is 1. The molecular formula is C12H16Cl2N2O3. The minimum atomic E-state index is -0.794. The maximum absolute atomic E-state index is 11.8. The number of carbonyl (C=O) groups excluding carboxylic acids is 1. The van der Waals surface area contributed by atoms with Crippen molar-refractivity contribution in [2.45, 2.75) is 25.7 Å². The van der Waals surface area contributed by atoms with Crippen LogP contribution in [0.5, 0.6) is 0 Å². The van der Waals surface area contributed by atoms with Gasteiger partial charge in [-0.1, -0.05) is 29.6 Å². The van der Waals surface area contributed by atoms with Crippen molar-refractivity contribution in [3.63, 3.8) is 0 Å². The summed E-state index contributed by atoms with van der Waals surface area (Å²) >= 11 is 11.7. The summed E-state index contributed by atoms with van der Waals surface area (Å²) in [5, 5.41) is 11.9. The van der Waals surface area contributed by atoms with Crippen molar-refractivity contribution in [2.24, 2.45) is 7.05 Å². The van der Waals surface area contributed by atoms with E-state index in [4.69, 9.17) is 28.3 Å². The Morgan fingerprint density at radius 2 is 2.00 bits per heavy atom. The number of unbranched alkanes of at least 4 members (excludes halogenated alkanes) is 2. The van der Waals surface area contributed by atoms with Gasteiger partial charge in [-0.05, 0) is 18.9 Å². The van der Waals surface area contributed by atoms with E-state index in [1.165, 1.54) is 10.6 Å². The molecule has 1 amide bonds. The van der Waals surface area contributed by atoms with Crippen LogP contribution in [0.3, 0.4) is 0 Å². The Balaban J connectivity index is 2.32. The Bertz CT molecular complexity index is 472. The zero-order valence-electron chi connectivity index (χ0n) is 10.6. The molecule has 0 saturated heterocycles. The number of aliphatic carboxylic acids is 1. The Morgan fingerprint density at radius 3 is 2.53 bits per heavy atom. The second-order valence-corrected chi connectivity index (χ2v) is 4.95. The zero-order chi connectivity index (χ0) is 14.4. The average molecular weight is 307 g/mol. The summed E-state index contributed by atoms with van der Waals surface area (Å²) in [6.45, 7) is 0.499. The van der Waals surface area contributed by atoms with Gasteiger partial charge in [-0.2, -0.15) is 0 Å². The number of carboxylic acid groups (broad SMARTS) is 1.